The van der Waals surface area contributed by atoms with Crippen molar-refractivity contribution < 1.29 is 23.4 Å². The van der Waals surface area contributed by atoms with Crippen molar-refractivity contribution in [3.8, 4) is 5.75 Å². The Labute approximate surface area is 183 Å². The zero-order valence-corrected chi connectivity index (χ0v) is 17.1. The number of carbonyl (C=O) groups is 1. The standard InChI is InChI=1S/C22H21F2N5O3/c1-3-20(31)26-14-5-4-6-15(9-14)27-21-18(24)11-25-22(29-21)28-16-7-8-19(17(23)10-16)32-13(2)12-30/h3-11,13,30H,1,12H2,2H3,(H,26,31)(H2,25,27,28,29)/t13-/m0/s1. The molecule has 0 aliphatic carbocycles. The van der Waals surface area contributed by atoms with Gasteiger partial charge in [0, 0.05) is 23.1 Å². The summed E-state index contributed by atoms with van der Waals surface area (Å²) in [5.41, 5.74) is 1.28. The Hall–Kier alpha value is -4.05. The zero-order chi connectivity index (χ0) is 23.1. The topological polar surface area (TPSA) is 108 Å². The molecule has 32 heavy (non-hydrogen) atoms. The number of aliphatic hydroxyl groups is 1. The fourth-order valence-corrected chi connectivity index (χ4v) is 2.58. The lowest BCUT2D eigenvalue weighted by Crippen LogP contribution is -2.16. The van der Waals surface area contributed by atoms with E-state index in [0.717, 1.165) is 12.3 Å². The maximum atomic E-state index is 14.2. The quantitative estimate of drug-likeness (QED) is 0.370. The summed E-state index contributed by atoms with van der Waals surface area (Å²) >= 11 is 0. The van der Waals surface area contributed by atoms with E-state index in [0.29, 0.717) is 17.1 Å². The number of rotatable bonds is 9. The van der Waals surface area contributed by atoms with Crippen molar-refractivity contribution in [2.24, 2.45) is 0 Å². The fourth-order valence-electron chi connectivity index (χ4n) is 2.58. The molecule has 0 bridgehead atoms. The van der Waals surface area contributed by atoms with Gasteiger partial charge in [0.15, 0.2) is 23.2 Å². The Morgan fingerprint density at radius 3 is 2.62 bits per heavy atom. The summed E-state index contributed by atoms with van der Waals surface area (Å²) in [4.78, 5) is 19.4. The van der Waals surface area contributed by atoms with Gasteiger partial charge in [0.1, 0.15) is 6.10 Å². The number of nitrogens with one attached hydrogen (secondary N) is 3. The first-order chi connectivity index (χ1) is 15.4. The summed E-state index contributed by atoms with van der Waals surface area (Å²) in [6.45, 7) is 4.75. The van der Waals surface area contributed by atoms with Crippen LogP contribution in [0.1, 0.15) is 6.92 Å². The lowest BCUT2D eigenvalue weighted by molar-refractivity contribution is -0.111. The number of hydrogen-bond donors (Lipinski definition) is 4. The first-order valence-corrected chi connectivity index (χ1v) is 9.55. The van der Waals surface area contributed by atoms with Gasteiger partial charge < -0.3 is 25.8 Å². The number of aromatic nitrogens is 2. The lowest BCUT2D eigenvalue weighted by atomic mass is 10.2. The average molecular weight is 441 g/mol. The Bertz CT molecular complexity index is 1130. The normalized spacial score (nSPS) is 11.4. The Balaban J connectivity index is 1.75. The molecule has 0 saturated heterocycles. The maximum absolute atomic E-state index is 14.2. The molecule has 0 aliphatic rings. The van der Waals surface area contributed by atoms with Crippen LogP contribution in [0.5, 0.6) is 5.75 Å². The largest absolute Gasteiger partial charge is 0.485 e. The van der Waals surface area contributed by atoms with E-state index >= 15 is 0 Å². The molecule has 0 aliphatic heterocycles. The number of amides is 1. The average Bonchev–Trinajstić information content (AvgIpc) is 2.78. The molecule has 8 nitrogen and oxygen atoms in total. The van der Waals surface area contributed by atoms with Crippen LogP contribution in [-0.2, 0) is 4.79 Å². The molecule has 1 heterocycles. The first kappa shape index (κ1) is 22.6. The minimum atomic E-state index is -0.705. The number of ether oxygens (including phenoxy) is 1. The summed E-state index contributed by atoms with van der Waals surface area (Å²) < 4.78 is 33.7. The van der Waals surface area contributed by atoms with Crippen molar-refractivity contribution in [1.29, 1.82) is 0 Å². The van der Waals surface area contributed by atoms with Gasteiger partial charge in [0.05, 0.1) is 12.8 Å². The number of nitrogens with zero attached hydrogens (tertiary/aromatic N) is 2. The molecule has 0 unspecified atom stereocenters. The van der Waals surface area contributed by atoms with Crippen LogP contribution < -0.4 is 20.7 Å². The first-order valence-electron chi connectivity index (χ1n) is 9.55. The van der Waals surface area contributed by atoms with Crippen molar-refractivity contribution >= 4 is 34.7 Å². The minimum absolute atomic E-state index is 0.0112. The Morgan fingerprint density at radius 2 is 1.91 bits per heavy atom. The Kier molecular flexibility index (Phi) is 7.29. The van der Waals surface area contributed by atoms with Crippen LogP contribution in [0.2, 0.25) is 0 Å². The van der Waals surface area contributed by atoms with E-state index in [1.807, 2.05) is 0 Å². The molecule has 166 valence electrons. The summed E-state index contributed by atoms with van der Waals surface area (Å²) in [6, 6.07) is 10.7. The highest BCUT2D eigenvalue weighted by Crippen LogP contribution is 2.25. The van der Waals surface area contributed by atoms with Crippen molar-refractivity contribution in [1.82, 2.24) is 9.97 Å². The van der Waals surface area contributed by atoms with E-state index in [1.54, 1.807) is 31.2 Å². The molecular formula is C22H21F2N5O3. The third kappa shape index (κ3) is 5.99. The van der Waals surface area contributed by atoms with Crippen molar-refractivity contribution in [2.75, 3.05) is 22.6 Å². The van der Waals surface area contributed by atoms with E-state index in [9.17, 15) is 13.6 Å². The predicted molar refractivity (Wildman–Crippen MR) is 117 cm³/mol. The summed E-state index contributed by atoms with van der Waals surface area (Å²) in [5, 5.41) is 17.2. The zero-order valence-electron chi connectivity index (χ0n) is 17.1. The smallest absolute Gasteiger partial charge is 0.247 e. The van der Waals surface area contributed by atoms with E-state index in [1.165, 1.54) is 18.2 Å². The molecule has 1 atom stereocenters. The van der Waals surface area contributed by atoms with Crippen LogP contribution >= 0.6 is 0 Å². The number of benzene rings is 2. The Morgan fingerprint density at radius 1 is 1.16 bits per heavy atom. The maximum Gasteiger partial charge on any atom is 0.247 e. The van der Waals surface area contributed by atoms with Crippen LogP contribution in [0, 0.1) is 11.6 Å². The molecule has 0 radical (unpaired) electrons. The number of hydrogen-bond acceptors (Lipinski definition) is 7. The number of carbonyl (C=O) groups excluding carboxylic acids is 1. The van der Waals surface area contributed by atoms with Gasteiger partial charge in [-0.2, -0.15) is 4.98 Å². The molecule has 0 fully saturated rings. The van der Waals surface area contributed by atoms with Crippen LogP contribution in [0.25, 0.3) is 0 Å². The van der Waals surface area contributed by atoms with Crippen molar-refractivity contribution in [2.45, 2.75) is 13.0 Å². The second-order valence-electron chi connectivity index (χ2n) is 6.67. The van der Waals surface area contributed by atoms with E-state index in [-0.39, 0.29) is 30.0 Å². The molecular weight excluding hydrogens is 420 g/mol. The summed E-state index contributed by atoms with van der Waals surface area (Å²) in [7, 11) is 0. The van der Waals surface area contributed by atoms with Crippen molar-refractivity contribution in [3.63, 3.8) is 0 Å². The van der Waals surface area contributed by atoms with E-state index in [2.05, 4.69) is 32.5 Å². The van der Waals surface area contributed by atoms with Gasteiger partial charge in [-0.1, -0.05) is 12.6 Å². The highest BCUT2D eigenvalue weighted by atomic mass is 19.1. The van der Waals surface area contributed by atoms with Gasteiger partial charge in [-0.15, -0.1) is 0 Å². The number of aliphatic hydroxyl groups excluding tert-OH is 1. The van der Waals surface area contributed by atoms with Gasteiger partial charge >= 0.3 is 0 Å². The highest BCUT2D eigenvalue weighted by molar-refractivity contribution is 5.99. The molecule has 0 saturated carbocycles. The second kappa shape index (κ2) is 10.3. The minimum Gasteiger partial charge on any atom is -0.485 e. The fraction of sp³-hybridized carbons (Fsp3) is 0.136. The molecule has 3 rings (SSSR count). The molecule has 0 spiro atoms. The predicted octanol–water partition coefficient (Wildman–Crippen LogP) is 4.13. The molecule has 10 heteroatoms. The van der Waals surface area contributed by atoms with Gasteiger partial charge in [-0.3, -0.25) is 4.79 Å². The molecule has 1 amide bonds. The summed E-state index contributed by atoms with van der Waals surface area (Å²) in [6.07, 6.45) is 1.55. The molecule has 4 N–H and O–H groups in total. The molecule has 2 aromatic carbocycles. The third-order valence-corrected chi connectivity index (χ3v) is 4.10. The van der Waals surface area contributed by atoms with Gasteiger partial charge in [-0.25, -0.2) is 13.8 Å². The second-order valence-corrected chi connectivity index (χ2v) is 6.67. The number of anilines is 5. The van der Waals surface area contributed by atoms with Crippen LogP contribution in [0.3, 0.4) is 0 Å². The lowest BCUT2D eigenvalue weighted by Gasteiger charge is -2.14. The van der Waals surface area contributed by atoms with E-state index in [4.69, 9.17) is 9.84 Å². The van der Waals surface area contributed by atoms with Crippen LogP contribution in [0.4, 0.5) is 37.6 Å². The van der Waals surface area contributed by atoms with Gasteiger partial charge in [0.2, 0.25) is 11.9 Å². The SMILES string of the molecule is C=CC(=O)Nc1cccc(Nc2nc(Nc3ccc(O[C@@H](C)CO)c(F)c3)ncc2F)c1. The summed E-state index contributed by atoms with van der Waals surface area (Å²) in [5.74, 6) is -1.83. The highest BCUT2D eigenvalue weighted by Gasteiger charge is 2.12. The number of halogens is 2. The van der Waals surface area contributed by atoms with Gasteiger partial charge in [0.25, 0.3) is 0 Å². The molecule has 3 aromatic rings. The van der Waals surface area contributed by atoms with Crippen LogP contribution in [0.15, 0.2) is 61.3 Å². The monoisotopic (exact) mass is 441 g/mol. The van der Waals surface area contributed by atoms with Crippen molar-refractivity contribution in [3.05, 3.63) is 73.0 Å². The van der Waals surface area contributed by atoms with E-state index < -0.39 is 17.7 Å². The molecule has 1 aromatic heterocycles. The third-order valence-electron chi connectivity index (χ3n) is 4.10. The van der Waals surface area contributed by atoms with Gasteiger partial charge in [-0.05, 0) is 43.3 Å². The van der Waals surface area contributed by atoms with Crippen LogP contribution in [-0.4, -0.2) is 33.7 Å².